The van der Waals surface area contributed by atoms with Crippen LogP contribution in [-0.2, 0) is 13.0 Å². The van der Waals surface area contributed by atoms with Crippen LogP contribution in [0.2, 0.25) is 0 Å². The molecule has 0 bridgehead atoms. The second-order valence-electron chi connectivity index (χ2n) is 6.19. The summed E-state index contributed by atoms with van der Waals surface area (Å²) in [5.41, 5.74) is 0.683. The molecule has 1 N–H and O–H groups in total. The zero-order valence-corrected chi connectivity index (χ0v) is 12.4. The molecule has 2 rings (SSSR count). The molecule has 19 heavy (non-hydrogen) atoms. The van der Waals surface area contributed by atoms with Gasteiger partial charge in [0.1, 0.15) is 0 Å². The number of nitrogens with zero attached hydrogens (tertiary/aromatic N) is 2. The zero-order valence-electron chi connectivity index (χ0n) is 12.4. The summed E-state index contributed by atoms with van der Waals surface area (Å²) < 4.78 is 1.94. The van der Waals surface area contributed by atoms with Gasteiger partial charge in [0.25, 0.3) is 0 Å². The van der Waals surface area contributed by atoms with Gasteiger partial charge in [-0.3, -0.25) is 4.68 Å². The third kappa shape index (κ3) is 4.07. The van der Waals surface area contributed by atoms with Crippen molar-refractivity contribution in [2.24, 2.45) is 5.92 Å². The lowest BCUT2D eigenvalue weighted by atomic mass is 9.87. The maximum atomic E-state index is 10.8. The Kier molecular flexibility index (Phi) is 5.03. The lowest BCUT2D eigenvalue weighted by Crippen LogP contribution is -2.30. The summed E-state index contributed by atoms with van der Waals surface area (Å²) in [6.45, 7) is 5.25. The fourth-order valence-electron chi connectivity index (χ4n) is 3.39. The normalized spacial score (nSPS) is 28.3. The zero-order chi connectivity index (χ0) is 13.7. The standard InChI is InChI=1S/C16H28N2O/c1-3-6-14-7-5-9-16(19,10-8-14)11-15-12-17-18(4-2)13-15/h12-14,19H,3-11H2,1-2H3. The lowest BCUT2D eigenvalue weighted by molar-refractivity contribution is 0.0241. The second kappa shape index (κ2) is 6.56. The molecule has 1 fully saturated rings. The van der Waals surface area contributed by atoms with Gasteiger partial charge in [-0.05, 0) is 37.7 Å². The van der Waals surface area contributed by atoms with Gasteiger partial charge in [0.15, 0.2) is 0 Å². The van der Waals surface area contributed by atoms with Crippen LogP contribution < -0.4 is 0 Å². The van der Waals surface area contributed by atoms with Gasteiger partial charge >= 0.3 is 0 Å². The monoisotopic (exact) mass is 264 g/mol. The van der Waals surface area contributed by atoms with E-state index < -0.39 is 5.60 Å². The van der Waals surface area contributed by atoms with E-state index in [2.05, 4.69) is 25.1 Å². The highest BCUT2D eigenvalue weighted by molar-refractivity contribution is 5.08. The van der Waals surface area contributed by atoms with Crippen molar-refractivity contribution in [2.45, 2.75) is 77.4 Å². The summed E-state index contributed by atoms with van der Waals surface area (Å²) in [6.07, 6.45) is 12.9. The van der Waals surface area contributed by atoms with E-state index in [-0.39, 0.29) is 0 Å². The SMILES string of the molecule is CCCC1CCCC(O)(Cc2cnn(CC)c2)CC1. The molecule has 3 nitrogen and oxygen atoms in total. The molecule has 0 aromatic carbocycles. The minimum atomic E-state index is -0.496. The van der Waals surface area contributed by atoms with E-state index in [0.717, 1.165) is 31.7 Å². The number of aryl methyl sites for hydroxylation is 1. The average Bonchev–Trinajstić information content (AvgIpc) is 2.75. The van der Waals surface area contributed by atoms with Crippen LogP contribution in [0.5, 0.6) is 0 Å². The third-order valence-electron chi connectivity index (χ3n) is 4.51. The molecular weight excluding hydrogens is 236 g/mol. The third-order valence-corrected chi connectivity index (χ3v) is 4.51. The first-order valence-corrected chi connectivity index (χ1v) is 7.89. The molecular formula is C16H28N2O. The van der Waals surface area contributed by atoms with E-state index in [1.54, 1.807) is 0 Å². The van der Waals surface area contributed by atoms with Crippen molar-refractivity contribution in [3.8, 4) is 0 Å². The Bertz CT molecular complexity index is 388. The minimum absolute atomic E-state index is 0.496. The van der Waals surface area contributed by atoms with E-state index in [1.165, 1.54) is 37.7 Å². The highest BCUT2D eigenvalue weighted by Gasteiger charge is 2.31. The van der Waals surface area contributed by atoms with Crippen molar-refractivity contribution in [3.05, 3.63) is 18.0 Å². The van der Waals surface area contributed by atoms with E-state index in [0.29, 0.717) is 0 Å². The van der Waals surface area contributed by atoms with Gasteiger partial charge in [-0.1, -0.05) is 32.6 Å². The summed E-state index contributed by atoms with van der Waals surface area (Å²) in [5.74, 6) is 0.831. The van der Waals surface area contributed by atoms with Gasteiger partial charge in [-0.25, -0.2) is 0 Å². The van der Waals surface area contributed by atoms with E-state index in [9.17, 15) is 5.11 Å². The molecule has 1 aromatic heterocycles. The predicted molar refractivity (Wildman–Crippen MR) is 78.0 cm³/mol. The van der Waals surface area contributed by atoms with Crippen molar-refractivity contribution in [3.63, 3.8) is 0 Å². The molecule has 0 amide bonds. The number of hydrogen-bond acceptors (Lipinski definition) is 2. The first-order chi connectivity index (χ1) is 9.15. The molecule has 3 heteroatoms. The van der Waals surface area contributed by atoms with Crippen molar-refractivity contribution < 1.29 is 5.11 Å². The van der Waals surface area contributed by atoms with Crippen LogP contribution in [0.15, 0.2) is 12.4 Å². The van der Waals surface area contributed by atoms with Gasteiger partial charge in [-0.15, -0.1) is 0 Å². The Labute approximate surface area is 117 Å². The molecule has 0 saturated heterocycles. The topological polar surface area (TPSA) is 38.1 Å². The van der Waals surface area contributed by atoms with Crippen LogP contribution in [0.1, 0.15) is 64.4 Å². The molecule has 1 heterocycles. The maximum absolute atomic E-state index is 10.8. The first-order valence-electron chi connectivity index (χ1n) is 7.89. The number of aliphatic hydroxyl groups is 1. The van der Waals surface area contributed by atoms with Gasteiger partial charge < -0.3 is 5.11 Å². The highest BCUT2D eigenvalue weighted by Crippen LogP contribution is 2.34. The Morgan fingerprint density at radius 2 is 2.21 bits per heavy atom. The smallest absolute Gasteiger partial charge is 0.0689 e. The summed E-state index contributed by atoms with van der Waals surface area (Å²) >= 11 is 0. The van der Waals surface area contributed by atoms with E-state index in [4.69, 9.17) is 0 Å². The average molecular weight is 264 g/mol. The van der Waals surface area contributed by atoms with Crippen molar-refractivity contribution >= 4 is 0 Å². The van der Waals surface area contributed by atoms with Crippen molar-refractivity contribution in [2.75, 3.05) is 0 Å². The largest absolute Gasteiger partial charge is 0.390 e. The Morgan fingerprint density at radius 3 is 2.89 bits per heavy atom. The maximum Gasteiger partial charge on any atom is 0.0689 e. The Morgan fingerprint density at radius 1 is 1.37 bits per heavy atom. The van der Waals surface area contributed by atoms with Crippen molar-refractivity contribution in [1.29, 1.82) is 0 Å². The fourth-order valence-corrected chi connectivity index (χ4v) is 3.39. The summed E-state index contributed by atoms with van der Waals surface area (Å²) in [7, 11) is 0. The highest BCUT2D eigenvalue weighted by atomic mass is 16.3. The van der Waals surface area contributed by atoms with Crippen LogP contribution in [-0.4, -0.2) is 20.5 Å². The summed E-state index contributed by atoms with van der Waals surface area (Å²) in [4.78, 5) is 0. The van der Waals surface area contributed by atoms with E-state index in [1.807, 2.05) is 10.9 Å². The molecule has 0 aliphatic heterocycles. The van der Waals surface area contributed by atoms with Crippen LogP contribution >= 0.6 is 0 Å². The van der Waals surface area contributed by atoms with Crippen LogP contribution in [0.3, 0.4) is 0 Å². The van der Waals surface area contributed by atoms with Crippen LogP contribution in [0.4, 0.5) is 0 Å². The molecule has 2 atom stereocenters. The lowest BCUT2D eigenvalue weighted by Gasteiger charge is -2.26. The predicted octanol–water partition coefficient (Wildman–Crippen LogP) is 3.56. The van der Waals surface area contributed by atoms with Gasteiger partial charge in [0.2, 0.25) is 0 Å². The fraction of sp³-hybridized carbons (Fsp3) is 0.812. The Balaban J connectivity index is 1.94. The first kappa shape index (κ1) is 14.6. The molecule has 108 valence electrons. The summed E-state index contributed by atoms with van der Waals surface area (Å²) in [6, 6.07) is 0. The molecule has 1 aromatic rings. The second-order valence-corrected chi connectivity index (χ2v) is 6.19. The number of rotatable bonds is 5. The number of aromatic nitrogens is 2. The molecule has 1 aliphatic rings. The van der Waals surface area contributed by atoms with Gasteiger partial charge in [0, 0.05) is 19.2 Å². The van der Waals surface area contributed by atoms with E-state index >= 15 is 0 Å². The molecule has 1 aliphatic carbocycles. The molecule has 1 saturated carbocycles. The number of hydrogen-bond donors (Lipinski definition) is 1. The minimum Gasteiger partial charge on any atom is -0.390 e. The van der Waals surface area contributed by atoms with Gasteiger partial charge in [-0.2, -0.15) is 5.10 Å². The molecule has 0 radical (unpaired) electrons. The van der Waals surface area contributed by atoms with Gasteiger partial charge in [0.05, 0.1) is 11.8 Å². The molecule has 0 spiro atoms. The molecule has 2 unspecified atom stereocenters. The van der Waals surface area contributed by atoms with Crippen LogP contribution in [0, 0.1) is 5.92 Å². The van der Waals surface area contributed by atoms with Crippen molar-refractivity contribution in [1.82, 2.24) is 9.78 Å². The quantitative estimate of drug-likeness (QED) is 0.826. The summed E-state index contributed by atoms with van der Waals surface area (Å²) in [5, 5.41) is 15.1. The van der Waals surface area contributed by atoms with Crippen LogP contribution in [0.25, 0.3) is 0 Å². The Hall–Kier alpha value is -0.830.